The molecule has 0 bridgehead atoms. The molecule has 2 heterocycles. The molecule has 0 aliphatic carbocycles. The van der Waals surface area contributed by atoms with Crippen LogP contribution in [0.25, 0.3) is 0 Å². The van der Waals surface area contributed by atoms with Gasteiger partial charge in [-0.3, -0.25) is 4.98 Å². The molecule has 0 radical (unpaired) electrons. The van der Waals surface area contributed by atoms with Crippen LogP contribution in [0, 0.1) is 11.3 Å². The number of hydrogen-bond acceptors (Lipinski definition) is 3. The standard InChI is InChI=1S/C10H7ClN4/c11-9-6-13-2-1-8(9)7-15-4-3-14-10(15)5-12/h1-4,6H,7H2. The van der Waals surface area contributed by atoms with Crippen molar-refractivity contribution in [2.75, 3.05) is 0 Å². The second-order valence-electron chi connectivity index (χ2n) is 2.96. The molecule has 0 saturated carbocycles. The number of rotatable bonds is 2. The fraction of sp³-hybridized carbons (Fsp3) is 0.100. The highest BCUT2D eigenvalue weighted by Gasteiger charge is 2.04. The molecule has 5 heteroatoms. The van der Waals surface area contributed by atoms with E-state index in [1.165, 1.54) is 0 Å². The maximum atomic E-state index is 8.78. The molecule has 0 N–H and O–H groups in total. The van der Waals surface area contributed by atoms with Gasteiger partial charge in [0.25, 0.3) is 0 Å². The lowest BCUT2D eigenvalue weighted by molar-refractivity contribution is 0.781. The van der Waals surface area contributed by atoms with Gasteiger partial charge < -0.3 is 4.57 Å². The highest BCUT2D eigenvalue weighted by molar-refractivity contribution is 6.31. The van der Waals surface area contributed by atoms with E-state index in [9.17, 15) is 0 Å². The van der Waals surface area contributed by atoms with Crippen molar-refractivity contribution in [3.05, 3.63) is 47.3 Å². The van der Waals surface area contributed by atoms with Gasteiger partial charge in [0.15, 0.2) is 0 Å². The van der Waals surface area contributed by atoms with Crippen molar-refractivity contribution in [3.63, 3.8) is 0 Å². The van der Waals surface area contributed by atoms with Crippen LogP contribution in [0.2, 0.25) is 5.02 Å². The van der Waals surface area contributed by atoms with Crippen LogP contribution in [0.3, 0.4) is 0 Å². The van der Waals surface area contributed by atoms with Gasteiger partial charge in [0.2, 0.25) is 5.82 Å². The molecule has 2 rings (SSSR count). The molecule has 0 unspecified atom stereocenters. The van der Waals surface area contributed by atoms with Crippen LogP contribution in [-0.4, -0.2) is 14.5 Å². The lowest BCUT2D eigenvalue weighted by atomic mass is 10.2. The van der Waals surface area contributed by atoms with Crippen molar-refractivity contribution in [1.82, 2.24) is 14.5 Å². The summed E-state index contributed by atoms with van der Waals surface area (Å²) in [6, 6.07) is 3.83. The number of halogens is 1. The minimum Gasteiger partial charge on any atom is -0.318 e. The van der Waals surface area contributed by atoms with E-state index in [0.717, 1.165) is 5.56 Å². The van der Waals surface area contributed by atoms with Gasteiger partial charge in [-0.15, -0.1) is 0 Å². The number of imidazole rings is 1. The van der Waals surface area contributed by atoms with Crippen molar-refractivity contribution in [2.45, 2.75) is 6.54 Å². The lowest BCUT2D eigenvalue weighted by Crippen LogP contribution is -2.02. The Bertz CT molecular complexity index is 512. The van der Waals surface area contributed by atoms with Crippen molar-refractivity contribution in [3.8, 4) is 6.07 Å². The summed E-state index contributed by atoms with van der Waals surface area (Å²) >= 11 is 5.96. The third kappa shape index (κ3) is 1.97. The fourth-order valence-electron chi connectivity index (χ4n) is 1.27. The Balaban J connectivity index is 2.31. The Morgan fingerprint density at radius 1 is 1.47 bits per heavy atom. The number of hydrogen-bond donors (Lipinski definition) is 0. The van der Waals surface area contributed by atoms with E-state index in [-0.39, 0.29) is 0 Å². The molecule has 0 atom stereocenters. The van der Waals surface area contributed by atoms with Crippen molar-refractivity contribution in [1.29, 1.82) is 5.26 Å². The van der Waals surface area contributed by atoms with Crippen LogP contribution in [-0.2, 0) is 6.54 Å². The molecular formula is C10H7ClN4. The van der Waals surface area contributed by atoms with Crippen LogP contribution in [0.4, 0.5) is 0 Å². The van der Waals surface area contributed by atoms with Gasteiger partial charge in [0.1, 0.15) is 6.07 Å². The minimum atomic E-state index is 0.378. The topological polar surface area (TPSA) is 54.5 Å². The van der Waals surface area contributed by atoms with Crippen LogP contribution >= 0.6 is 11.6 Å². The van der Waals surface area contributed by atoms with Crippen molar-refractivity contribution in [2.24, 2.45) is 0 Å². The number of nitriles is 1. The highest BCUT2D eigenvalue weighted by Crippen LogP contribution is 2.15. The lowest BCUT2D eigenvalue weighted by Gasteiger charge is -2.04. The Kier molecular flexibility index (Phi) is 2.66. The molecule has 2 aromatic heterocycles. The largest absolute Gasteiger partial charge is 0.318 e. The van der Waals surface area contributed by atoms with Gasteiger partial charge in [-0.1, -0.05) is 11.6 Å². The molecule has 0 spiro atoms. The summed E-state index contributed by atoms with van der Waals surface area (Å²) in [6.45, 7) is 0.532. The Morgan fingerprint density at radius 3 is 3.07 bits per heavy atom. The molecule has 0 aromatic carbocycles. The van der Waals surface area contributed by atoms with E-state index in [1.807, 2.05) is 12.1 Å². The van der Waals surface area contributed by atoms with E-state index >= 15 is 0 Å². The van der Waals surface area contributed by atoms with Crippen LogP contribution in [0.5, 0.6) is 0 Å². The zero-order valence-corrected chi connectivity index (χ0v) is 8.52. The molecule has 4 nitrogen and oxygen atoms in total. The SMILES string of the molecule is N#Cc1nccn1Cc1ccncc1Cl. The predicted octanol–water partition coefficient (Wildman–Crippen LogP) is 1.85. The van der Waals surface area contributed by atoms with Crippen LogP contribution in [0.1, 0.15) is 11.4 Å². The summed E-state index contributed by atoms with van der Waals surface area (Å²) in [5.41, 5.74) is 0.918. The monoisotopic (exact) mass is 218 g/mol. The first kappa shape index (κ1) is 9.69. The average Bonchev–Trinajstić information content (AvgIpc) is 2.69. The summed E-state index contributed by atoms with van der Waals surface area (Å²) in [5.74, 6) is 0.378. The van der Waals surface area contributed by atoms with E-state index < -0.39 is 0 Å². The first-order chi connectivity index (χ1) is 7.31. The molecule has 0 amide bonds. The maximum Gasteiger partial charge on any atom is 0.213 e. The summed E-state index contributed by atoms with van der Waals surface area (Å²) in [6.07, 6.45) is 6.59. The van der Waals surface area contributed by atoms with Gasteiger partial charge in [-0.05, 0) is 11.6 Å². The van der Waals surface area contributed by atoms with E-state index in [0.29, 0.717) is 17.4 Å². The molecule has 0 saturated heterocycles. The minimum absolute atomic E-state index is 0.378. The van der Waals surface area contributed by atoms with E-state index in [4.69, 9.17) is 16.9 Å². The normalized spacial score (nSPS) is 9.87. The third-order valence-corrected chi connectivity index (χ3v) is 2.35. The molecule has 15 heavy (non-hydrogen) atoms. The first-order valence-electron chi connectivity index (χ1n) is 4.31. The molecule has 0 fully saturated rings. The van der Waals surface area contributed by atoms with Gasteiger partial charge in [-0.2, -0.15) is 5.26 Å². The predicted molar refractivity (Wildman–Crippen MR) is 55.3 cm³/mol. The second kappa shape index (κ2) is 4.11. The highest BCUT2D eigenvalue weighted by atomic mass is 35.5. The smallest absolute Gasteiger partial charge is 0.213 e. The quantitative estimate of drug-likeness (QED) is 0.773. The number of aromatic nitrogens is 3. The molecular weight excluding hydrogens is 212 g/mol. The Hall–Kier alpha value is -1.86. The zero-order chi connectivity index (χ0) is 10.7. The summed E-state index contributed by atoms with van der Waals surface area (Å²) in [5, 5.41) is 9.37. The van der Waals surface area contributed by atoms with Gasteiger partial charge in [0.05, 0.1) is 11.6 Å². The second-order valence-corrected chi connectivity index (χ2v) is 3.36. The molecule has 0 aliphatic rings. The molecule has 0 aliphatic heterocycles. The first-order valence-corrected chi connectivity index (χ1v) is 4.68. The summed E-state index contributed by atoms with van der Waals surface area (Å²) in [4.78, 5) is 7.80. The number of pyridine rings is 1. The van der Waals surface area contributed by atoms with Gasteiger partial charge in [0, 0.05) is 24.8 Å². The fourth-order valence-corrected chi connectivity index (χ4v) is 1.44. The summed E-state index contributed by atoms with van der Waals surface area (Å²) in [7, 11) is 0. The summed E-state index contributed by atoms with van der Waals surface area (Å²) < 4.78 is 1.74. The Morgan fingerprint density at radius 2 is 2.33 bits per heavy atom. The average molecular weight is 219 g/mol. The molecule has 2 aromatic rings. The van der Waals surface area contributed by atoms with E-state index in [2.05, 4.69) is 9.97 Å². The van der Waals surface area contributed by atoms with Crippen molar-refractivity contribution >= 4 is 11.6 Å². The Labute approximate surface area is 91.8 Å². The molecule has 74 valence electrons. The maximum absolute atomic E-state index is 8.78. The zero-order valence-electron chi connectivity index (χ0n) is 7.76. The third-order valence-electron chi connectivity index (χ3n) is 2.01. The van der Waals surface area contributed by atoms with E-state index in [1.54, 1.807) is 29.4 Å². The van der Waals surface area contributed by atoms with Crippen molar-refractivity contribution < 1.29 is 0 Å². The van der Waals surface area contributed by atoms with Gasteiger partial charge >= 0.3 is 0 Å². The van der Waals surface area contributed by atoms with Gasteiger partial charge in [-0.25, -0.2) is 4.98 Å². The van der Waals surface area contributed by atoms with Crippen LogP contribution in [0.15, 0.2) is 30.9 Å². The number of nitrogens with zero attached hydrogens (tertiary/aromatic N) is 4. The van der Waals surface area contributed by atoms with Crippen LogP contribution < -0.4 is 0 Å².